The molecular formula is C25H29BrNOP. The Morgan fingerprint density at radius 3 is 1.55 bits per heavy atom. The van der Waals surface area contributed by atoms with Gasteiger partial charge in [0.15, 0.2) is 0 Å². The van der Waals surface area contributed by atoms with Crippen molar-refractivity contribution in [1.82, 2.24) is 5.32 Å². The van der Waals surface area contributed by atoms with Gasteiger partial charge in [-0.25, -0.2) is 0 Å². The Morgan fingerprint density at radius 1 is 0.759 bits per heavy atom. The average Bonchev–Trinajstić information content (AvgIpc) is 2.79. The van der Waals surface area contributed by atoms with Crippen molar-refractivity contribution in [3.05, 3.63) is 91.0 Å². The fourth-order valence-corrected chi connectivity index (χ4v) is 11.8. The van der Waals surface area contributed by atoms with Crippen molar-refractivity contribution in [3.8, 4) is 0 Å². The molecule has 1 amide bonds. The van der Waals surface area contributed by atoms with Crippen molar-refractivity contribution < 1.29 is 4.79 Å². The van der Waals surface area contributed by atoms with Gasteiger partial charge in [0.25, 0.3) is 0 Å². The van der Waals surface area contributed by atoms with Crippen LogP contribution >= 0.6 is 20.8 Å². The molecule has 0 fully saturated rings. The Balaban J connectivity index is 2.08. The van der Waals surface area contributed by atoms with Gasteiger partial charge in [-0.2, -0.15) is 0 Å². The number of amides is 1. The Kier molecular flexibility index (Phi) is 7.27. The second-order valence-electron chi connectivity index (χ2n) is 7.32. The van der Waals surface area contributed by atoms with E-state index in [1.807, 2.05) is 6.92 Å². The predicted octanol–water partition coefficient (Wildman–Crippen LogP) is 5.13. The summed E-state index contributed by atoms with van der Waals surface area (Å²) in [5, 5.41) is 4.04. The van der Waals surface area contributed by atoms with Gasteiger partial charge in [0, 0.05) is 0 Å². The first kappa shape index (κ1) is 21.7. The average molecular weight is 470 g/mol. The Morgan fingerprint density at radius 2 is 1.17 bits per heavy atom. The van der Waals surface area contributed by atoms with Crippen molar-refractivity contribution in [2.24, 2.45) is 0 Å². The standard InChI is InChI=1S/C25H29BrNOP/c1-2-27-25(28)20-12-13-21-29(26,22-14-6-3-7-15-22,23-16-8-4-9-17-23)24-18-10-5-11-19-24/h3-11,14-19H,2,12-13,20-21H2,1H3,(H,27,28). The fourth-order valence-electron chi connectivity index (χ4n) is 4.03. The molecule has 3 rings (SSSR count). The van der Waals surface area contributed by atoms with E-state index in [9.17, 15) is 4.79 Å². The van der Waals surface area contributed by atoms with E-state index in [0.717, 1.165) is 19.0 Å². The quantitative estimate of drug-likeness (QED) is 0.341. The van der Waals surface area contributed by atoms with Crippen molar-refractivity contribution >= 4 is 42.6 Å². The maximum atomic E-state index is 11.9. The number of carbonyl (C=O) groups excluding carboxylic acids is 1. The molecule has 0 aliphatic heterocycles. The van der Waals surface area contributed by atoms with E-state index in [2.05, 4.69) is 112 Å². The van der Waals surface area contributed by atoms with Crippen LogP contribution in [-0.2, 0) is 4.79 Å². The third-order valence-electron chi connectivity index (χ3n) is 5.49. The second-order valence-corrected chi connectivity index (χ2v) is 16.4. The molecule has 0 aliphatic rings. The topological polar surface area (TPSA) is 29.1 Å². The minimum absolute atomic E-state index is 0.140. The number of halogens is 1. The van der Waals surface area contributed by atoms with Crippen LogP contribution in [0.3, 0.4) is 0 Å². The van der Waals surface area contributed by atoms with Crippen molar-refractivity contribution in [2.45, 2.75) is 26.2 Å². The summed E-state index contributed by atoms with van der Waals surface area (Å²) in [6, 6.07) is 32.4. The van der Waals surface area contributed by atoms with Crippen molar-refractivity contribution in [1.29, 1.82) is 0 Å². The molecule has 2 nitrogen and oxygen atoms in total. The van der Waals surface area contributed by atoms with E-state index < -0.39 is 5.31 Å². The number of nitrogens with one attached hydrogen (secondary N) is 1. The van der Waals surface area contributed by atoms with Crippen LogP contribution in [-0.4, -0.2) is 18.6 Å². The molecule has 152 valence electrons. The molecule has 3 aromatic carbocycles. The van der Waals surface area contributed by atoms with Crippen molar-refractivity contribution in [2.75, 3.05) is 12.7 Å². The van der Waals surface area contributed by atoms with E-state index in [-0.39, 0.29) is 5.91 Å². The first-order valence-electron chi connectivity index (χ1n) is 10.3. The Hall–Kier alpha value is -1.96. The SMILES string of the molecule is CCNC(=O)CCCCP(Br)(c1ccccc1)(c1ccccc1)c1ccccc1. The molecule has 0 radical (unpaired) electrons. The number of carbonyl (C=O) groups is 1. The number of benzene rings is 3. The van der Waals surface area contributed by atoms with Gasteiger partial charge >= 0.3 is 183 Å². The van der Waals surface area contributed by atoms with Crippen LogP contribution in [0.15, 0.2) is 91.0 Å². The summed E-state index contributed by atoms with van der Waals surface area (Å²) in [6.45, 7) is 2.65. The normalized spacial score (nSPS) is 12.7. The minimum atomic E-state index is -2.85. The van der Waals surface area contributed by atoms with Crippen LogP contribution in [0.1, 0.15) is 26.2 Å². The zero-order chi connectivity index (χ0) is 20.6. The van der Waals surface area contributed by atoms with Crippen LogP contribution in [0.2, 0.25) is 0 Å². The molecule has 0 saturated heterocycles. The number of hydrogen-bond acceptors (Lipinski definition) is 1. The molecule has 1 N–H and O–H groups in total. The molecule has 0 atom stereocenters. The first-order valence-corrected chi connectivity index (χ1v) is 14.7. The van der Waals surface area contributed by atoms with Crippen LogP contribution < -0.4 is 21.2 Å². The third kappa shape index (κ3) is 4.47. The third-order valence-corrected chi connectivity index (χ3v) is 15.5. The van der Waals surface area contributed by atoms with Gasteiger partial charge in [-0.15, -0.1) is 0 Å². The van der Waals surface area contributed by atoms with Gasteiger partial charge in [-0.3, -0.25) is 0 Å². The predicted molar refractivity (Wildman–Crippen MR) is 131 cm³/mol. The molecule has 0 aliphatic carbocycles. The van der Waals surface area contributed by atoms with Gasteiger partial charge in [-0.1, -0.05) is 0 Å². The van der Waals surface area contributed by atoms with Gasteiger partial charge < -0.3 is 0 Å². The molecule has 0 aromatic heterocycles. The summed E-state index contributed by atoms with van der Waals surface area (Å²) in [7, 11) is 0. The molecule has 0 bridgehead atoms. The molecule has 0 saturated carbocycles. The van der Waals surface area contributed by atoms with Gasteiger partial charge in [-0.05, 0) is 0 Å². The summed E-state index contributed by atoms with van der Waals surface area (Å²) in [5.41, 5.74) is 0. The van der Waals surface area contributed by atoms with Gasteiger partial charge in [0.1, 0.15) is 0 Å². The molecule has 3 aromatic rings. The summed E-state index contributed by atoms with van der Waals surface area (Å²) in [4.78, 5) is 11.9. The van der Waals surface area contributed by atoms with E-state index in [0.29, 0.717) is 13.0 Å². The molecule has 29 heavy (non-hydrogen) atoms. The number of hydrogen-bond donors (Lipinski definition) is 1. The zero-order valence-electron chi connectivity index (χ0n) is 16.9. The summed E-state index contributed by atoms with van der Waals surface area (Å²) in [5.74, 6) is 0.140. The number of rotatable bonds is 9. The second kappa shape index (κ2) is 9.69. The van der Waals surface area contributed by atoms with Crippen LogP contribution in [0.4, 0.5) is 0 Å². The molecule has 0 unspecified atom stereocenters. The van der Waals surface area contributed by atoms with Crippen molar-refractivity contribution in [3.63, 3.8) is 0 Å². The van der Waals surface area contributed by atoms with Gasteiger partial charge in [0.05, 0.1) is 0 Å². The first-order chi connectivity index (χ1) is 14.1. The summed E-state index contributed by atoms with van der Waals surface area (Å²) < 4.78 is 0. The maximum absolute atomic E-state index is 11.9. The summed E-state index contributed by atoms with van der Waals surface area (Å²) in [6.07, 6.45) is 3.40. The monoisotopic (exact) mass is 469 g/mol. The Bertz CT molecular complexity index is 816. The van der Waals surface area contributed by atoms with Crippen LogP contribution in [0.25, 0.3) is 0 Å². The van der Waals surface area contributed by atoms with Crippen LogP contribution in [0, 0.1) is 0 Å². The molecular weight excluding hydrogens is 441 g/mol. The zero-order valence-corrected chi connectivity index (χ0v) is 19.4. The molecule has 0 spiro atoms. The Labute approximate surface area is 182 Å². The van der Waals surface area contributed by atoms with E-state index in [1.54, 1.807) is 0 Å². The fraction of sp³-hybridized carbons (Fsp3) is 0.240. The van der Waals surface area contributed by atoms with E-state index >= 15 is 0 Å². The van der Waals surface area contributed by atoms with Crippen LogP contribution in [0.5, 0.6) is 0 Å². The van der Waals surface area contributed by atoms with E-state index in [1.165, 1.54) is 15.9 Å². The molecule has 0 heterocycles. The summed E-state index contributed by atoms with van der Waals surface area (Å²) >= 11 is 4.45. The molecule has 4 heteroatoms. The number of unbranched alkanes of at least 4 members (excludes halogenated alkanes) is 1. The van der Waals surface area contributed by atoms with E-state index in [4.69, 9.17) is 0 Å². The van der Waals surface area contributed by atoms with Gasteiger partial charge in [0.2, 0.25) is 0 Å².